The maximum absolute atomic E-state index is 11.7. The van der Waals surface area contributed by atoms with E-state index in [1.54, 1.807) is 0 Å². The molecule has 0 aromatic rings. The van der Waals surface area contributed by atoms with Gasteiger partial charge in [-0.15, -0.1) is 0 Å². The standard InChI is InChI=1S/C9H21NO5S2/c1-3-10-9(4-5-11)8-17(14,15)7-6-16(2,12)13/h9-11H,3-8H2,1-2H3. The van der Waals surface area contributed by atoms with Gasteiger partial charge in [-0.05, 0) is 13.0 Å². The summed E-state index contributed by atoms with van der Waals surface area (Å²) >= 11 is 0. The Hall–Kier alpha value is -0.180. The van der Waals surface area contributed by atoms with Crippen LogP contribution in [0.1, 0.15) is 13.3 Å². The van der Waals surface area contributed by atoms with Crippen molar-refractivity contribution in [2.45, 2.75) is 19.4 Å². The van der Waals surface area contributed by atoms with Crippen LogP contribution in [0.5, 0.6) is 0 Å². The Bertz CT molecular complexity index is 395. The molecule has 0 heterocycles. The predicted molar refractivity (Wildman–Crippen MR) is 67.5 cm³/mol. The molecule has 0 spiro atoms. The molecule has 0 saturated heterocycles. The molecule has 0 aliphatic heterocycles. The Morgan fingerprint density at radius 3 is 2.18 bits per heavy atom. The van der Waals surface area contributed by atoms with Crippen molar-refractivity contribution in [3.05, 3.63) is 0 Å². The molecule has 0 aliphatic rings. The molecule has 0 saturated carbocycles. The monoisotopic (exact) mass is 287 g/mol. The molecule has 0 rings (SSSR count). The molecule has 104 valence electrons. The average molecular weight is 287 g/mol. The second kappa shape index (κ2) is 7.30. The van der Waals surface area contributed by atoms with Crippen molar-refractivity contribution in [1.82, 2.24) is 5.32 Å². The fourth-order valence-electron chi connectivity index (χ4n) is 1.36. The Labute approximate surface area is 103 Å². The molecule has 1 atom stereocenters. The molecule has 0 radical (unpaired) electrons. The summed E-state index contributed by atoms with van der Waals surface area (Å²) < 4.78 is 45.1. The van der Waals surface area contributed by atoms with Gasteiger partial charge in [-0.2, -0.15) is 0 Å². The summed E-state index contributed by atoms with van der Waals surface area (Å²) in [5.41, 5.74) is 0. The van der Waals surface area contributed by atoms with Crippen molar-refractivity contribution in [2.75, 3.05) is 36.7 Å². The maximum atomic E-state index is 11.7. The first-order valence-electron chi connectivity index (χ1n) is 5.42. The first-order chi connectivity index (χ1) is 7.70. The topological polar surface area (TPSA) is 101 Å². The zero-order valence-electron chi connectivity index (χ0n) is 10.2. The second-order valence-corrected chi connectivity index (χ2v) is 8.50. The molecule has 17 heavy (non-hydrogen) atoms. The Balaban J connectivity index is 4.40. The van der Waals surface area contributed by atoms with Crippen LogP contribution in [-0.2, 0) is 19.7 Å². The summed E-state index contributed by atoms with van der Waals surface area (Å²) in [6.45, 7) is 2.35. The predicted octanol–water partition coefficient (Wildman–Crippen LogP) is -1.19. The molecule has 0 aromatic carbocycles. The van der Waals surface area contributed by atoms with Crippen LogP contribution >= 0.6 is 0 Å². The number of aliphatic hydroxyl groups excluding tert-OH is 1. The Morgan fingerprint density at radius 2 is 1.76 bits per heavy atom. The molecule has 6 nitrogen and oxygen atoms in total. The molecular weight excluding hydrogens is 266 g/mol. The summed E-state index contributed by atoms with van der Waals surface area (Å²) in [4.78, 5) is 0. The van der Waals surface area contributed by atoms with Crippen LogP contribution in [0.25, 0.3) is 0 Å². The normalized spacial score (nSPS) is 14.8. The Kier molecular flexibility index (Phi) is 7.22. The van der Waals surface area contributed by atoms with E-state index in [0.717, 1.165) is 6.26 Å². The molecule has 1 unspecified atom stereocenters. The van der Waals surface area contributed by atoms with Gasteiger partial charge in [0, 0.05) is 18.9 Å². The van der Waals surface area contributed by atoms with Crippen LogP contribution in [0.3, 0.4) is 0 Å². The van der Waals surface area contributed by atoms with Crippen LogP contribution in [0.4, 0.5) is 0 Å². The van der Waals surface area contributed by atoms with E-state index in [1.807, 2.05) is 6.92 Å². The van der Waals surface area contributed by atoms with Crippen molar-refractivity contribution in [1.29, 1.82) is 0 Å². The molecule has 0 fully saturated rings. The first kappa shape index (κ1) is 16.8. The van der Waals surface area contributed by atoms with Gasteiger partial charge in [0.15, 0.2) is 9.84 Å². The lowest BCUT2D eigenvalue weighted by atomic mass is 10.2. The van der Waals surface area contributed by atoms with Gasteiger partial charge in [-0.3, -0.25) is 0 Å². The van der Waals surface area contributed by atoms with E-state index in [-0.39, 0.29) is 29.9 Å². The molecule has 0 bridgehead atoms. The van der Waals surface area contributed by atoms with Gasteiger partial charge in [-0.25, -0.2) is 16.8 Å². The maximum Gasteiger partial charge on any atom is 0.152 e. The minimum Gasteiger partial charge on any atom is -0.396 e. The minimum atomic E-state index is -3.41. The van der Waals surface area contributed by atoms with E-state index >= 15 is 0 Å². The van der Waals surface area contributed by atoms with E-state index in [1.165, 1.54) is 0 Å². The zero-order valence-corrected chi connectivity index (χ0v) is 11.8. The number of rotatable bonds is 9. The SMILES string of the molecule is CCNC(CCO)CS(=O)(=O)CCS(C)(=O)=O. The number of hydrogen-bond donors (Lipinski definition) is 2. The second-order valence-electron chi connectivity index (χ2n) is 4.01. The van der Waals surface area contributed by atoms with Gasteiger partial charge in [0.05, 0.1) is 17.3 Å². The highest BCUT2D eigenvalue weighted by atomic mass is 32.2. The highest BCUT2D eigenvalue weighted by Gasteiger charge is 2.20. The van der Waals surface area contributed by atoms with Gasteiger partial charge in [0.1, 0.15) is 9.84 Å². The van der Waals surface area contributed by atoms with Gasteiger partial charge >= 0.3 is 0 Å². The van der Waals surface area contributed by atoms with Crippen molar-refractivity contribution in [3.63, 3.8) is 0 Å². The van der Waals surface area contributed by atoms with Crippen molar-refractivity contribution in [2.24, 2.45) is 0 Å². The number of nitrogens with one attached hydrogen (secondary N) is 1. The third kappa shape index (κ3) is 9.51. The fraction of sp³-hybridized carbons (Fsp3) is 1.00. The molecule has 0 aromatic heterocycles. The van der Waals surface area contributed by atoms with Gasteiger partial charge in [0.25, 0.3) is 0 Å². The van der Waals surface area contributed by atoms with Gasteiger partial charge in [0.2, 0.25) is 0 Å². The third-order valence-electron chi connectivity index (χ3n) is 2.19. The van der Waals surface area contributed by atoms with Crippen LogP contribution in [0, 0.1) is 0 Å². The summed E-state index contributed by atoms with van der Waals surface area (Å²) in [6, 6.07) is -0.324. The van der Waals surface area contributed by atoms with E-state index in [4.69, 9.17) is 5.11 Å². The largest absolute Gasteiger partial charge is 0.396 e. The van der Waals surface area contributed by atoms with Crippen LogP contribution < -0.4 is 5.32 Å². The number of hydrogen-bond acceptors (Lipinski definition) is 6. The smallest absolute Gasteiger partial charge is 0.152 e. The molecule has 0 aliphatic carbocycles. The van der Waals surface area contributed by atoms with Crippen LogP contribution in [0.15, 0.2) is 0 Å². The van der Waals surface area contributed by atoms with E-state index in [2.05, 4.69) is 5.32 Å². The van der Waals surface area contributed by atoms with Gasteiger partial charge < -0.3 is 10.4 Å². The summed E-state index contributed by atoms with van der Waals surface area (Å²) in [7, 11) is -6.68. The number of sulfone groups is 2. The third-order valence-corrected chi connectivity index (χ3v) is 5.13. The van der Waals surface area contributed by atoms with E-state index in [0.29, 0.717) is 13.0 Å². The van der Waals surface area contributed by atoms with Crippen molar-refractivity contribution < 1.29 is 21.9 Å². The number of aliphatic hydroxyl groups is 1. The minimum absolute atomic E-state index is 0.0980. The van der Waals surface area contributed by atoms with Crippen molar-refractivity contribution in [3.8, 4) is 0 Å². The Morgan fingerprint density at radius 1 is 1.18 bits per heavy atom. The summed E-state index contributed by atoms with van der Waals surface area (Å²) in [5.74, 6) is -0.858. The van der Waals surface area contributed by atoms with Crippen LogP contribution in [-0.4, -0.2) is 64.6 Å². The zero-order chi connectivity index (χ0) is 13.5. The van der Waals surface area contributed by atoms with E-state index < -0.39 is 19.7 Å². The lowest BCUT2D eigenvalue weighted by Crippen LogP contribution is -2.37. The lowest BCUT2D eigenvalue weighted by Gasteiger charge is -2.16. The molecule has 2 N–H and O–H groups in total. The van der Waals surface area contributed by atoms with Crippen LogP contribution in [0.2, 0.25) is 0 Å². The highest BCUT2D eigenvalue weighted by Crippen LogP contribution is 2.01. The average Bonchev–Trinajstić information content (AvgIpc) is 2.14. The molecule has 8 heteroatoms. The lowest BCUT2D eigenvalue weighted by molar-refractivity contribution is 0.270. The fourth-order valence-corrected chi connectivity index (χ4v) is 4.65. The first-order valence-corrected chi connectivity index (χ1v) is 9.30. The van der Waals surface area contributed by atoms with E-state index in [9.17, 15) is 16.8 Å². The van der Waals surface area contributed by atoms with Gasteiger partial charge in [-0.1, -0.05) is 6.92 Å². The van der Waals surface area contributed by atoms with Crippen molar-refractivity contribution >= 4 is 19.7 Å². The summed E-state index contributed by atoms with van der Waals surface area (Å²) in [5, 5.41) is 11.7. The highest BCUT2D eigenvalue weighted by molar-refractivity contribution is 7.94. The molecule has 0 amide bonds. The summed E-state index contributed by atoms with van der Waals surface area (Å²) in [6.07, 6.45) is 1.35. The molecular formula is C9H21NO5S2. The quantitative estimate of drug-likeness (QED) is 0.553.